The average molecular weight is 409 g/mol. The van der Waals surface area contributed by atoms with Crippen molar-refractivity contribution in [3.63, 3.8) is 0 Å². The number of carbonyl (C=O) groups is 2. The van der Waals surface area contributed by atoms with Crippen LogP contribution in [0.5, 0.6) is 0 Å². The number of fused-ring (bicyclic) bond motifs is 1. The van der Waals surface area contributed by atoms with Crippen molar-refractivity contribution in [2.45, 2.75) is 9.70 Å². The van der Waals surface area contributed by atoms with E-state index in [9.17, 15) is 23.1 Å². The number of rotatable bonds is 2. The predicted molar refractivity (Wildman–Crippen MR) is 78.2 cm³/mol. The molecule has 0 bridgehead atoms. The van der Waals surface area contributed by atoms with Crippen molar-refractivity contribution < 1.29 is 52.7 Å². The predicted octanol–water partition coefficient (Wildman–Crippen LogP) is -4.05. The number of alkyl halides is 1. The van der Waals surface area contributed by atoms with Gasteiger partial charge >= 0.3 is 29.6 Å². The topological polar surface area (TPSA) is 107 Å². The van der Waals surface area contributed by atoms with Gasteiger partial charge in [0.25, 0.3) is 5.91 Å². The zero-order valence-electron chi connectivity index (χ0n) is 12.1. The normalized spacial score (nSPS) is 30.1. The van der Waals surface area contributed by atoms with E-state index in [-0.39, 0.29) is 41.7 Å². The molecule has 23 heavy (non-hydrogen) atoms. The van der Waals surface area contributed by atoms with E-state index in [1.54, 1.807) is 18.2 Å². The van der Waals surface area contributed by atoms with Crippen molar-refractivity contribution in [1.29, 1.82) is 0 Å². The number of aliphatic carboxylic acids is 1. The average Bonchev–Trinajstić information content (AvgIpc) is 2.45. The van der Waals surface area contributed by atoms with Gasteiger partial charge in [0.15, 0.2) is 15.2 Å². The number of aromatic nitrogens is 1. The minimum absolute atomic E-state index is 0. The molecule has 2 atom stereocenters. The number of halogens is 1. The van der Waals surface area contributed by atoms with E-state index < -0.39 is 37.2 Å². The number of hydrogen-bond donors (Lipinski definition) is 0. The molecule has 1 unspecified atom stereocenters. The maximum atomic E-state index is 12.3. The van der Waals surface area contributed by atoms with E-state index in [0.717, 1.165) is 4.90 Å². The minimum atomic E-state index is -3.84. The van der Waals surface area contributed by atoms with Gasteiger partial charge in [-0.25, -0.2) is 8.42 Å². The van der Waals surface area contributed by atoms with Crippen LogP contribution < -0.4 is 34.7 Å². The number of hydrogen-bond acceptors (Lipinski definition) is 6. The fourth-order valence-electron chi connectivity index (χ4n) is 2.61. The van der Waals surface area contributed by atoms with Crippen molar-refractivity contribution in [3.8, 4) is 0 Å². The number of pyridine rings is 1. The molecule has 2 aliphatic rings. The van der Waals surface area contributed by atoms with E-state index in [4.69, 9.17) is 0 Å². The van der Waals surface area contributed by atoms with Gasteiger partial charge in [-0.1, -0.05) is 22.0 Å². The Kier molecular flexibility index (Phi) is 5.08. The van der Waals surface area contributed by atoms with Crippen LogP contribution in [-0.2, 0) is 19.4 Å². The maximum Gasteiger partial charge on any atom is 1.00 e. The van der Waals surface area contributed by atoms with E-state index in [1.807, 2.05) is 0 Å². The molecule has 10 heteroatoms. The molecule has 1 amide bonds. The number of amides is 1. The smallest absolute Gasteiger partial charge is 0.549 e. The first-order chi connectivity index (χ1) is 10.2. The van der Waals surface area contributed by atoms with Gasteiger partial charge in [-0.2, -0.15) is 0 Å². The van der Waals surface area contributed by atoms with Crippen molar-refractivity contribution in [3.05, 3.63) is 35.7 Å². The fourth-order valence-corrected chi connectivity index (χ4v) is 5.96. The van der Waals surface area contributed by atoms with Gasteiger partial charge in [-0.15, -0.1) is 0 Å². The zero-order chi connectivity index (χ0) is 16.1. The van der Waals surface area contributed by atoms with Crippen molar-refractivity contribution in [2.75, 3.05) is 12.3 Å². The molecular weight excluding hydrogens is 399 g/mol. The van der Waals surface area contributed by atoms with Crippen LogP contribution in [0.3, 0.4) is 0 Å². The summed E-state index contributed by atoms with van der Waals surface area (Å²) in [6.07, 6.45) is 2.95. The van der Waals surface area contributed by atoms with E-state index >= 15 is 0 Å². The van der Waals surface area contributed by atoms with Gasteiger partial charge < -0.3 is 14.8 Å². The monoisotopic (exact) mass is 408 g/mol. The molecule has 2 aliphatic heterocycles. The third-order valence-electron chi connectivity index (χ3n) is 3.61. The van der Waals surface area contributed by atoms with Gasteiger partial charge in [-0.3, -0.25) is 9.78 Å². The third-order valence-corrected chi connectivity index (χ3v) is 6.91. The van der Waals surface area contributed by atoms with E-state index in [0.29, 0.717) is 5.69 Å². The Hall–Kier alpha value is -0.740. The molecule has 0 radical (unpaired) electrons. The summed E-state index contributed by atoms with van der Waals surface area (Å²) in [6.45, 7) is -0.252. The van der Waals surface area contributed by atoms with Crippen LogP contribution in [0.4, 0.5) is 0 Å². The van der Waals surface area contributed by atoms with Gasteiger partial charge in [0.05, 0.1) is 27.3 Å². The molecule has 0 saturated carbocycles. The summed E-state index contributed by atoms with van der Waals surface area (Å²) in [6, 6.07) is 5.07. The first-order valence-electron chi connectivity index (χ1n) is 6.30. The first kappa shape index (κ1) is 18.6. The van der Waals surface area contributed by atoms with Crippen LogP contribution in [0.25, 0.3) is 6.08 Å². The second-order valence-corrected chi connectivity index (χ2v) is 8.78. The summed E-state index contributed by atoms with van der Waals surface area (Å²) in [7, 11) is -3.84. The Morgan fingerprint density at radius 3 is 2.74 bits per heavy atom. The number of carboxylic acid groups (broad SMARTS) is 1. The Balaban J connectivity index is 0.00000192. The van der Waals surface area contributed by atoms with Crippen LogP contribution in [0, 0.1) is 0 Å². The third kappa shape index (κ3) is 3.12. The quantitative estimate of drug-likeness (QED) is 0.213. The van der Waals surface area contributed by atoms with Gasteiger partial charge in [0, 0.05) is 12.7 Å². The number of β-lactam (4-membered cyclic amide) rings is 1. The molecule has 1 aromatic rings. The molecule has 116 valence electrons. The molecule has 2 fully saturated rings. The fraction of sp³-hybridized carbons (Fsp3) is 0.308. The Bertz CT molecular complexity index is 798. The molecule has 3 heterocycles. The van der Waals surface area contributed by atoms with Crippen molar-refractivity contribution in [2.24, 2.45) is 0 Å². The van der Waals surface area contributed by atoms with Crippen LogP contribution in [-0.4, -0.2) is 52.2 Å². The first-order valence-corrected chi connectivity index (χ1v) is 8.81. The molecule has 7 nitrogen and oxygen atoms in total. The summed E-state index contributed by atoms with van der Waals surface area (Å²) in [5, 5.41) is 10.0. The molecule has 0 spiro atoms. The van der Waals surface area contributed by atoms with Crippen LogP contribution in [0.1, 0.15) is 5.69 Å². The second kappa shape index (κ2) is 6.29. The van der Waals surface area contributed by atoms with E-state index in [2.05, 4.69) is 20.9 Å². The van der Waals surface area contributed by atoms with Gasteiger partial charge in [-0.05, 0) is 18.2 Å². The van der Waals surface area contributed by atoms with Crippen molar-refractivity contribution in [1.82, 2.24) is 9.88 Å². The molecule has 3 rings (SSSR count). The Labute approximate surface area is 163 Å². The van der Waals surface area contributed by atoms with E-state index in [1.165, 1.54) is 12.3 Å². The molecule has 0 aromatic carbocycles. The van der Waals surface area contributed by atoms with Crippen molar-refractivity contribution >= 4 is 43.7 Å². The van der Waals surface area contributed by atoms with Crippen LogP contribution in [0.15, 0.2) is 30.0 Å². The summed E-state index contributed by atoms with van der Waals surface area (Å²) in [4.78, 5) is 28.3. The zero-order valence-corrected chi connectivity index (χ0v) is 16.5. The summed E-state index contributed by atoms with van der Waals surface area (Å²) in [5.41, 5.74) is 0.572. The molecule has 0 aliphatic carbocycles. The standard InChI is InChI=1S/C13H11BrN2O5S.Na/c14-13(12(18)19)6-16-10(17)9(11(16)22(20,21)7-13)5-8-3-1-2-4-15-8;/h1-5,11H,6-7H2,(H,18,19);/q;+1/p-1/t11-,13?;/m1./s1. The molecule has 0 N–H and O–H groups in total. The summed E-state index contributed by atoms with van der Waals surface area (Å²) >= 11 is 2.88. The van der Waals surface area contributed by atoms with Gasteiger partial charge in [0.2, 0.25) is 0 Å². The minimum Gasteiger partial charge on any atom is -0.549 e. The summed E-state index contributed by atoms with van der Waals surface area (Å²) in [5.74, 6) is -2.69. The number of carboxylic acids is 1. The SMILES string of the molecule is O=C1C(=Cc2ccccn2)[C@@H]2N1CC(Br)(C(=O)[O-])CS2(=O)=O.[Na+]. The van der Waals surface area contributed by atoms with Crippen LogP contribution in [0.2, 0.25) is 0 Å². The molecule has 1 aromatic heterocycles. The second-order valence-electron chi connectivity index (χ2n) is 5.20. The van der Waals surface area contributed by atoms with Gasteiger partial charge in [0.1, 0.15) is 0 Å². The number of nitrogens with zero attached hydrogens (tertiary/aromatic N) is 2. The number of sulfone groups is 1. The largest absolute Gasteiger partial charge is 1.00 e. The maximum absolute atomic E-state index is 12.3. The summed E-state index contributed by atoms with van der Waals surface area (Å²) < 4.78 is 22.9. The van der Waals surface area contributed by atoms with Crippen LogP contribution >= 0.6 is 15.9 Å². The Morgan fingerprint density at radius 2 is 2.17 bits per heavy atom. The Morgan fingerprint density at radius 1 is 1.48 bits per heavy atom. The molecule has 2 saturated heterocycles. The number of carbonyl (C=O) groups excluding carboxylic acids is 2. The molecular formula is C13H10BrN2NaO5S.